The van der Waals surface area contributed by atoms with Crippen molar-refractivity contribution in [1.82, 2.24) is 0 Å². The zero-order valence-electron chi connectivity index (χ0n) is 7.11. The van der Waals surface area contributed by atoms with Crippen LogP contribution in [0.4, 0.5) is 0 Å². The van der Waals surface area contributed by atoms with Crippen molar-refractivity contribution >= 4 is 9.84 Å². The molecule has 65 valence electrons. The topological polar surface area (TPSA) is 34.1 Å². The highest BCUT2D eigenvalue weighted by molar-refractivity contribution is 7.92. The second-order valence-corrected chi connectivity index (χ2v) is 4.76. The molecule has 0 N–H and O–H groups in total. The average Bonchev–Trinajstić information content (AvgIpc) is 1.82. The summed E-state index contributed by atoms with van der Waals surface area (Å²) in [6, 6.07) is 7.38. The van der Waals surface area contributed by atoms with Crippen LogP contribution in [0.2, 0.25) is 0 Å². The minimum atomic E-state index is -3.02. The van der Waals surface area contributed by atoms with Crippen molar-refractivity contribution in [2.24, 2.45) is 0 Å². The molecule has 1 radical (unpaired) electrons. The van der Waals surface area contributed by atoms with E-state index in [2.05, 4.69) is 0 Å². The van der Waals surface area contributed by atoms with Crippen molar-refractivity contribution in [2.45, 2.75) is 6.92 Å². The maximum atomic E-state index is 10.9. The summed E-state index contributed by atoms with van der Waals surface area (Å²) in [5.41, 5.74) is 1.80. The van der Waals surface area contributed by atoms with Gasteiger partial charge in [-0.15, -0.1) is 0 Å². The third kappa shape index (κ3) is 3.05. The normalized spacial score (nSPS) is 11.5. The van der Waals surface area contributed by atoms with Crippen LogP contribution in [-0.4, -0.2) is 14.7 Å². The summed E-state index contributed by atoms with van der Waals surface area (Å²) in [7, 11) is -3.02. The van der Waals surface area contributed by atoms with Gasteiger partial charge < -0.3 is 0 Å². The van der Waals surface area contributed by atoms with Crippen molar-refractivity contribution in [2.75, 3.05) is 6.26 Å². The van der Waals surface area contributed by atoms with Crippen molar-refractivity contribution < 1.29 is 8.42 Å². The zero-order valence-corrected chi connectivity index (χ0v) is 7.93. The van der Waals surface area contributed by atoms with E-state index in [0.29, 0.717) is 0 Å². The lowest BCUT2D eigenvalue weighted by molar-refractivity contribution is 0.608. The van der Waals surface area contributed by atoms with Crippen molar-refractivity contribution in [3.05, 3.63) is 41.1 Å². The Bertz CT molecular complexity index is 366. The van der Waals surface area contributed by atoms with E-state index in [4.69, 9.17) is 0 Å². The van der Waals surface area contributed by atoms with E-state index in [-0.39, 0.29) is 0 Å². The van der Waals surface area contributed by atoms with E-state index in [1.54, 1.807) is 6.07 Å². The van der Waals surface area contributed by atoms with Crippen LogP contribution in [0.5, 0.6) is 0 Å². The lowest BCUT2D eigenvalue weighted by Crippen LogP contribution is -1.97. The van der Waals surface area contributed by atoms with Gasteiger partial charge in [-0.1, -0.05) is 29.8 Å². The fourth-order valence-electron chi connectivity index (χ4n) is 0.991. The van der Waals surface area contributed by atoms with E-state index in [1.807, 2.05) is 25.1 Å². The molecule has 0 aliphatic rings. The van der Waals surface area contributed by atoms with Gasteiger partial charge in [-0.25, -0.2) is 8.42 Å². The van der Waals surface area contributed by atoms with Crippen molar-refractivity contribution in [3.63, 3.8) is 0 Å². The van der Waals surface area contributed by atoms with Crippen molar-refractivity contribution in [1.29, 1.82) is 0 Å². The Morgan fingerprint density at radius 3 is 2.50 bits per heavy atom. The summed E-state index contributed by atoms with van der Waals surface area (Å²) < 4.78 is 21.7. The second kappa shape index (κ2) is 3.27. The average molecular weight is 183 g/mol. The number of sulfone groups is 1. The van der Waals surface area contributed by atoms with Gasteiger partial charge in [0, 0.05) is 6.26 Å². The van der Waals surface area contributed by atoms with Gasteiger partial charge >= 0.3 is 0 Å². The summed E-state index contributed by atoms with van der Waals surface area (Å²) >= 11 is 0. The molecule has 0 saturated carbocycles. The first-order chi connectivity index (χ1) is 5.47. The largest absolute Gasteiger partial charge is 0.228 e. The van der Waals surface area contributed by atoms with Crippen LogP contribution in [0, 0.1) is 12.7 Å². The molecule has 0 fully saturated rings. The van der Waals surface area contributed by atoms with Gasteiger partial charge in [0.05, 0.1) is 0 Å². The number of benzene rings is 1. The van der Waals surface area contributed by atoms with E-state index in [0.717, 1.165) is 11.1 Å². The van der Waals surface area contributed by atoms with E-state index in [9.17, 15) is 8.42 Å². The third-order valence-corrected chi connectivity index (χ3v) is 2.09. The number of aryl methyl sites for hydroxylation is 1. The number of hydrogen-bond donors (Lipinski definition) is 0. The van der Waals surface area contributed by atoms with Gasteiger partial charge in [0.2, 0.25) is 0 Å². The second-order valence-electron chi connectivity index (χ2n) is 2.86. The molecule has 2 nitrogen and oxygen atoms in total. The summed E-state index contributed by atoms with van der Waals surface area (Å²) in [6.45, 7) is 1.93. The molecule has 0 atom stereocenters. The molecule has 0 aromatic heterocycles. The molecule has 1 rings (SSSR count). The monoisotopic (exact) mass is 183 g/mol. The van der Waals surface area contributed by atoms with Gasteiger partial charge in [-0.05, 0) is 12.5 Å². The smallest absolute Gasteiger partial charge is 0.156 e. The number of rotatable bonds is 2. The van der Waals surface area contributed by atoms with Gasteiger partial charge in [0.15, 0.2) is 9.84 Å². The van der Waals surface area contributed by atoms with E-state index in [1.165, 1.54) is 12.0 Å². The molecule has 0 saturated heterocycles. The highest BCUT2D eigenvalue weighted by Gasteiger charge is 2.04. The molecule has 3 heteroatoms. The van der Waals surface area contributed by atoms with Crippen LogP contribution in [0.15, 0.2) is 24.3 Å². The SMILES string of the molecule is Cc1cccc([CH]S(C)(=O)=O)c1. The van der Waals surface area contributed by atoms with Crippen LogP contribution < -0.4 is 0 Å². The Balaban J connectivity index is 2.91. The maximum absolute atomic E-state index is 10.9. The molecule has 0 aliphatic carbocycles. The Hall–Kier alpha value is -0.830. The quantitative estimate of drug-likeness (QED) is 0.697. The Morgan fingerprint density at radius 2 is 2.00 bits per heavy atom. The first-order valence-corrected chi connectivity index (χ1v) is 5.54. The molecule has 1 aromatic rings. The van der Waals surface area contributed by atoms with E-state index >= 15 is 0 Å². The summed E-state index contributed by atoms with van der Waals surface area (Å²) in [4.78, 5) is 0. The summed E-state index contributed by atoms with van der Waals surface area (Å²) in [6.07, 6.45) is 1.19. The fourth-order valence-corrected chi connectivity index (χ4v) is 1.63. The zero-order chi connectivity index (χ0) is 9.19. The van der Waals surface area contributed by atoms with Crippen LogP contribution in [0.3, 0.4) is 0 Å². The molecule has 1 aromatic carbocycles. The minimum Gasteiger partial charge on any atom is -0.228 e. The third-order valence-electron chi connectivity index (χ3n) is 1.39. The Labute approximate surface area is 73.2 Å². The number of hydrogen-bond acceptors (Lipinski definition) is 2. The maximum Gasteiger partial charge on any atom is 0.156 e. The predicted molar refractivity (Wildman–Crippen MR) is 49.4 cm³/mol. The molecule has 0 bridgehead atoms. The van der Waals surface area contributed by atoms with Gasteiger partial charge in [0.25, 0.3) is 0 Å². The molecular formula is C9H11O2S. The van der Waals surface area contributed by atoms with Gasteiger partial charge in [-0.2, -0.15) is 0 Å². The molecular weight excluding hydrogens is 172 g/mol. The molecule has 0 heterocycles. The highest BCUT2D eigenvalue weighted by atomic mass is 32.2. The van der Waals surface area contributed by atoms with Crippen LogP contribution in [0.25, 0.3) is 0 Å². The first-order valence-electron chi connectivity index (χ1n) is 3.59. The van der Waals surface area contributed by atoms with Gasteiger partial charge in [0.1, 0.15) is 5.75 Å². The Kier molecular flexibility index (Phi) is 2.52. The van der Waals surface area contributed by atoms with Crippen molar-refractivity contribution in [3.8, 4) is 0 Å². The lowest BCUT2D eigenvalue weighted by Gasteiger charge is -1.98. The predicted octanol–water partition coefficient (Wildman–Crippen LogP) is 1.55. The van der Waals surface area contributed by atoms with Crippen LogP contribution in [-0.2, 0) is 9.84 Å². The standard InChI is InChI=1S/C9H11O2S/c1-8-4-3-5-9(6-8)7-12(2,10)11/h3-7H,1-2H3. The fraction of sp³-hybridized carbons (Fsp3) is 0.222. The van der Waals surface area contributed by atoms with E-state index < -0.39 is 9.84 Å². The molecule has 0 amide bonds. The lowest BCUT2D eigenvalue weighted by atomic mass is 10.2. The summed E-state index contributed by atoms with van der Waals surface area (Å²) in [5.74, 6) is 1.26. The van der Waals surface area contributed by atoms with Crippen LogP contribution in [0.1, 0.15) is 11.1 Å². The minimum absolute atomic E-state index is 0.734. The molecule has 0 spiro atoms. The highest BCUT2D eigenvalue weighted by Crippen LogP contribution is 2.09. The molecule has 0 unspecified atom stereocenters. The van der Waals surface area contributed by atoms with Gasteiger partial charge in [-0.3, -0.25) is 0 Å². The first kappa shape index (κ1) is 9.26. The summed E-state index contributed by atoms with van der Waals surface area (Å²) in [5, 5.41) is 0. The molecule has 12 heavy (non-hydrogen) atoms. The Morgan fingerprint density at radius 1 is 1.33 bits per heavy atom. The van der Waals surface area contributed by atoms with Crippen LogP contribution >= 0.6 is 0 Å². The molecule has 0 aliphatic heterocycles.